The van der Waals surface area contributed by atoms with Gasteiger partial charge in [-0.15, -0.1) is 0 Å². The monoisotopic (exact) mass is 467 g/mol. The average molecular weight is 468 g/mol. The standard InChI is InChI=1S/C19H26BrN5O4/c1-10(26)17(27)24-13-8-22-16-14(13)15(12(20)7-21-16)25-6-5-11(9-25)23-18(28)29-19(2,3)4/h7-8,10-11,26H,5-6,9H2,1-4H3,(H,21,22)(H,23,28)(H,24,27)/t10-,11+/m0/s1. The van der Waals surface area contributed by atoms with Crippen LogP contribution in [0.15, 0.2) is 16.9 Å². The first-order valence-electron chi connectivity index (χ1n) is 9.44. The number of halogens is 1. The van der Waals surface area contributed by atoms with Crippen LogP contribution < -0.4 is 15.5 Å². The number of carbonyl (C=O) groups is 2. The maximum atomic E-state index is 12.1. The summed E-state index contributed by atoms with van der Waals surface area (Å²) in [4.78, 5) is 33.6. The fourth-order valence-electron chi connectivity index (χ4n) is 3.26. The van der Waals surface area contributed by atoms with Crippen LogP contribution in [0.4, 0.5) is 16.2 Å². The minimum atomic E-state index is -1.13. The number of aliphatic hydroxyl groups is 1. The molecule has 3 heterocycles. The van der Waals surface area contributed by atoms with Gasteiger partial charge in [-0.05, 0) is 50.0 Å². The maximum Gasteiger partial charge on any atom is 0.407 e. The van der Waals surface area contributed by atoms with Gasteiger partial charge in [0.25, 0.3) is 5.91 Å². The van der Waals surface area contributed by atoms with Crippen LogP contribution in [-0.4, -0.2) is 57.9 Å². The Morgan fingerprint density at radius 1 is 1.45 bits per heavy atom. The third-order valence-corrected chi connectivity index (χ3v) is 5.07. The minimum absolute atomic E-state index is 0.0607. The number of hydrogen-bond acceptors (Lipinski definition) is 6. The van der Waals surface area contributed by atoms with Crippen molar-refractivity contribution < 1.29 is 19.4 Å². The molecule has 0 radical (unpaired) electrons. The molecule has 0 aromatic carbocycles. The Balaban J connectivity index is 1.82. The van der Waals surface area contributed by atoms with E-state index in [0.29, 0.717) is 24.4 Å². The third kappa shape index (κ3) is 4.99. The molecule has 1 aliphatic heterocycles. The highest BCUT2D eigenvalue weighted by Gasteiger charge is 2.29. The maximum absolute atomic E-state index is 12.1. The summed E-state index contributed by atoms with van der Waals surface area (Å²) in [7, 11) is 0. The molecule has 0 bridgehead atoms. The molecule has 2 aromatic heterocycles. The van der Waals surface area contributed by atoms with Gasteiger partial charge in [-0.1, -0.05) is 0 Å². The van der Waals surface area contributed by atoms with Gasteiger partial charge in [0.15, 0.2) is 0 Å². The second kappa shape index (κ2) is 8.19. The molecule has 0 saturated carbocycles. The van der Waals surface area contributed by atoms with Crippen molar-refractivity contribution in [1.82, 2.24) is 15.3 Å². The lowest BCUT2D eigenvalue weighted by molar-refractivity contribution is -0.123. The molecule has 2 amide bonds. The van der Waals surface area contributed by atoms with Gasteiger partial charge >= 0.3 is 6.09 Å². The molecular formula is C19H26BrN5O4. The van der Waals surface area contributed by atoms with Crippen LogP contribution in [0, 0.1) is 0 Å². The van der Waals surface area contributed by atoms with Crippen molar-refractivity contribution in [3.8, 4) is 0 Å². The van der Waals surface area contributed by atoms with E-state index in [1.807, 2.05) is 20.8 Å². The molecule has 1 aliphatic rings. The summed E-state index contributed by atoms with van der Waals surface area (Å²) in [6.45, 7) is 8.19. The molecule has 158 valence electrons. The summed E-state index contributed by atoms with van der Waals surface area (Å²) >= 11 is 3.56. The number of aromatic nitrogens is 2. The summed E-state index contributed by atoms with van der Waals surface area (Å²) in [5.74, 6) is -0.497. The summed E-state index contributed by atoms with van der Waals surface area (Å²) in [6, 6.07) is -0.0607. The predicted molar refractivity (Wildman–Crippen MR) is 114 cm³/mol. The predicted octanol–water partition coefficient (Wildman–Crippen LogP) is 2.75. The van der Waals surface area contributed by atoms with Crippen LogP contribution in [0.25, 0.3) is 11.0 Å². The lowest BCUT2D eigenvalue weighted by Gasteiger charge is -2.23. The first-order valence-corrected chi connectivity index (χ1v) is 10.2. The van der Waals surface area contributed by atoms with E-state index in [1.165, 1.54) is 6.92 Å². The van der Waals surface area contributed by atoms with E-state index >= 15 is 0 Å². The Hall–Kier alpha value is -2.33. The number of nitrogens with zero attached hydrogens (tertiary/aromatic N) is 2. The number of fused-ring (bicyclic) bond motifs is 1. The van der Waals surface area contributed by atoms with Gasteiger partial charge in [0, 0.05) is 25.5 Å². The van der Waals surface area contributed by atoms with Crippen LogP contribution in [0.5, 0.6) is 0 Å². The van der Waals surface area contributed by atoms with Crippen molar-refractivity contribution >= 4 is 50.3 Å². The minimum Gasteiger partial charge on any atom is -0.444 e. The number of alkyl carbamates (subject to hydrolysis) is 1. The highest BCUT2D eigenvalue weighted by molar-refractivity contribution is 9.10. The molecular weight excluding hydrogens is 442 g/mol. The Bertz CT molecular complexity index is 921. The quantitative estimate of drug-likeness (QED) is 0.548. The molecule has 2 atom stereocenters. The largest absolute Gasteiger partial charge is 0.444 e. The van der Waals surface area contributed by atoms with E-state index in [1.54, 1.807) is 12.4 Å². The molecule has 3 rings (SSSR count). The van der Waals surface area contributed by atoms with E-state index in [4.69, 9.17) is 4.74 Å². The van der Waals surface area contributed by atoms with Gasteiger partial charge in [-0.3, -0.25) is 4.79 Å². The third-order valence-electron chi connectivity index (χ3n) is 4.49. The second-order valence-electron chi connectivity index (χ2n) is 8.12. The summed E-state index contributed by atoms with van der Waals surface area (Å²) in [5, 5.41) is 15.9. The van der Waals surface area contributed by atoms with Gasteiger partial charge in [0.05, 0.1) is 27.3 Å². The molecule has 0 spiro atoms. The van der Waals surface area contributed by atoms with E-state index in [9.17, 15) is 14.7 Å². The van der Waals surface area contributed by atoms with Crippen LogP contribution in [0.1, 0.15) is 34.1 Å². The number of H-pyrrole nitrogens is 1. The zero-order chi connectivity index (χ0) is 21.3. The molecule has 9 nitrogen and oxygen atoms in total. The average Bonchev–Trinajstić information content (AvgIpc) is 3.20. The lowest BCUT2D eigenvalue weighted by Crippen LogP contribution is -2.40. The van der Waals surface area contributed by atoms with Crippen molar-refractivity contribution in [3.05, 3.63) is 16.9 Å². The molecule has 10 heteroatoms. The Morgan fingerprint density at radius 2 is 2.17 bits per heavy atom. The number of pyridine rings is 1. The van der Waals surface area contributed by atoms with Crippen LogP contribution >= 0.6 is 15.9 Å². The lowest BCUT2D eigenvalue weighted by atomic mass is 10.2. The molecule has 1 saturated heterocycles. The summed E-state index contributed by atoms with van der Waals surface area (Å²) < 4.78 is 6.12. The van der Waals surface area contributed by atoms with E-state index in [-0.39, 0.29) is 6.04 Å². The van der Waals surface area contributed by atoms with E-state index < -0.39 is 23.7 Å². The molecule has 0 aliphatic carbocycles. The van der Waals surface area contributed by atoms with Crippen molar-refractivity contribution in [2.75, 3.05) is 23.3 Å². The van der Waals surface area contributed by atoms with Gasteiger partial charge in [0.2, 0.25) is 0 Å². The number of anilines is 2. The van der Waals surface area contributed by atoms with Crippen LogP contribution in [0.2, 0.25) is 0 Å². The van der Waals surface area contributed by atoms with Crippen molar-refractivity contribution in [2.45, 2.75) is 51.9 Å². The number of ether oxygens (including phenoxy) is 1. The van der Waals surface area contributed by atoms with Crippen LogP contribution in [-0.2, 0) is 9.53 Å². The van der Waals surface area contributed by atoms with Gasteiger partial charge in [0.1, 0.15) is 17.4 Å². The second-order valence-corrected chi connectivity index (χ2v) is 8.98. The number of hydrogen-bond donors (Lipinski definition) is 4. The van der Waals surface area contributed by atoms with Crippen molar-refractivity contribution in [2.24, 2.45) is 0 Å². The zero-order valence-electron chi connectivity index (χ0n) is 16.9. The molecule has 4 N–H and O–H groups in total. The highest BCUT2D eigenvalue weighted by Crippen LogP contribution is 2.39. The van der Waals surface area contributed by atoms with E-state index in [0.717, 1.165) is 22.0 Å². The van der Waals surface area contributed by atoms with E-state index in [2.05, 4.69) is 41.4 Å². The van der Waals surface area contributed by atoms with Crippen LogP contribution in [0.3, 0.4) is 0 Å². The SMILES string of the molecule is C[C@H](O)C(=O)Nc1c[nH]c2ncc(Br)c(N3CC[C@@H](NC(=O)OC(C)(C)C)C3)c12. The van der Waals surface area contributed by atoms with Crippen molar-refractivity contribution in [1.29, 1.82) is 0 Å². The fourth-order valence-corrected chi connectivity index (χ4v) is 3.81. The number of aromatic amines is 1. The van der Waals surface area contributed by atoms with Gasteiger partial charge in [-0.2, -0.15) is 0 Å². The highest BCUT2D eigenvalue weighted by atomic mass is 79.9. The number of carbonyl (C=O) groups excluding carboxylic acids is 2. The fraction of sp³-hybridized carbons (Fsp3) is 0.526. The Kier molecular flexibility index (Phi) is 6.04. The first kappa shape index (κ1) is 21.4. The zero-order valence-corrected chi connectivity index (χ0v) is 18.5. The number of amides is 2. The Labute approximate surface area is 177 Å². The molecule has 29 heavy (non-hydrogen) atoms. The molecule has 0 unspecified atom stereocenters. The normalized spacial score (nSPS) is 18.0. The Morgan fingerprint density at radius 3 is 2.83 bits per heavy atom. The topological polar surface area (TPSA) is 120 Å². The number of nitrogens with one attached hydrogen (secondary N) is 3. The molecule has 2 aromatic rings. The smallest absolute Gasteiger partial charge is 0.407 e. The van der Waals surface area contributed by atoms with Crippen molar-refractivity contribution in [3.63, 3.8) is 0 Å². The molecule has 1 fully saturated rings. The summed E-state index contributed by atoms with van der Waals surface area (Å²) in [6.07, 6.45) is 2.55. The number of rotatable bonds is 4. The first-order chi connectivity index (χ1) is 13.5. The summed E-state index contributed by atoms with van der Waals surface area (Å²) in [5.41, 5.74) is 1.47. The number of aliphatic hydroxyl groups excluding tert-OH is 1. The van der Waals surface area contributed by atoms with Gasteiger partial charge < -0.3 is 30.4 Å². The van der Waals surface area contributed by atoms with Gasteiger partial charge in [-0.25, -0.2) is 9.78 Å².